The van der Waals surface area contributed by atoms with Gasteiger partial charge >= 0.3 is 0 Å². The average molecular weight is 358 g/mol. The fraction of sp³-hybridized carbons (Fsp3) is 0.0455. The first kappa shape index (κ1) is 16.4. The van der Waals surface area contributed by atoms with Crippen molar-refractivity contribution in [3.63, 3.8) is 0 Å². The Morgan fingerprint density at radius 1 is 0.769 bits per heavy atom. The zero-order valence-corrected chi connectivity index (χ0v) is 15.2. The Kier molecular flexibility index (Phi) is 4.67. The maximum absolute atomic E-state index is 5.38. The van der Waals surface area contributed by atoms with Crippen molar-refractivity contribution in [2.24, 2.45) is 0 Å². The fourth-order valence-electron chi connectivity index (χ4n) is 2.79. The molecule has 1 heterocycles. The topological polar surface area (TPSA) is 34.1 Å². The van der Waals surface area contributed by atoms with Crippen LogP contribution in [-0.2, 0) is 0 Å². The van der Waals surface area contributed by atoms with E-state index in [4.69, 9.17) is 9.72 Å². The van der Waals surface area contributed by atoms with Crippen LogP contribution in [0.3, 0.4) is 0 Å². The molecule has 3 aromatic carbocycles. The molecule has 3 nitrogen and oxygen atoms in total. The van der Waals surface area contributed by atoms with Crippen LogP contribution >= 0.6 is 11.3 Å². The van der Waals surface area contributed by atoms with E-state index < -0.39 is 0 Å². The standard InChI is InChI=1S/C22H18N2OS/c1-25-21-10-6-5-9-19(21)23-22-24-20(15-26-22)18-13-11-17(12-14-18)16-7-3-2-4-8-16/h2-15H,1H3,(H,23,24). The molecule has 0 spiro atoms. The van der Waals surface area contributed by atoms with Crippen LogP contribution in [0.4, 0.5) is 10.8 Å². The zero-order valence-electron chi connectivity index (χ0n) is 14.3. The summed E-state index contributed by atoms with van der Waals surface area (Å²) in [5.41, 5.74) is 5.41. The molecule has 4 aromatic rings. The molecule has 0 atom stereocenters. The molecule has 0 saturated carbocycles. The number of hydrogen-bond acceptors (Lipinski definition) is 4. The SMILES string of the molecule is COc1ccccc1Nc1nc(-c2ccc(-c3ccccc3)cc2)cs1. The van der Waals surface area contributed by atoms with Gasteiger partial charge in [-0.05, 0) is 23.3 Å². The highest BCUT2D eigenvalue weighted by Gasteiger charge is 2.08. The van der Waals surface area contributed by atoms with Crippen LogP contribution in [0.25, 0.3) is 22.4 Å². The van der Waals surface area contributed by atoms with Gasteiger partial charge in [-0.1, -0.05) is 66.7 Å². The lowest BCUT2D eigenvalue weighted by atomic mass is 10.0. The number of benzene rings is 3. The number of aromatic nitrogens is 1. The van der Waals surface area contributed by atoms with Crippen molar-refractivity contribution in [3.05, 3.63) is 84.2 Å². The lowest BCUT2D eigenvalue weighted by molar-refractivity contribution is 0.417. The Labute approximate surface area is 156 Å². The third kappa shape index (κ3) is 3.46. The summed E-state index contributed by atoms with van der Waals surface area (Å²) in [6.45, 7) is 0. The lowest BCUT2D eigenvalue weighted by Crippen LogP contribution is -1.93. The van der Waals surface area contributed by atoms with E-state index in [0.717, 1.165) is 27.8 Å². The largest absolute Gasteiger partial charge is 0.495 e. The molecule has 0 saturated heterocycles. The molecule has 0 unspecified atom stereocenters. The van der Waals surface area contributed by atoms with Crippen LogP contribution < -0.4 is 10.1 Å². The van der Waals surface area contributed by atoms with Gasteiger partial charge in [0.25, 0.3) is 0 Å². The molecule has 0 aliphatic carbocycles. The molecule has 4 heteroatoms. The van der Waals surface area contributed by atoms with E-state index >= 15 is 0 Å². The molecule has 1 aromatic heterocycles. The smallest absolute Gasteiger partial charge is 0.187 e. The predicted molar refractivity (Wildman–Crippen MR) is 109 cm³/mol. The molecule has 0 radical (unpaired) electrons. The number of thiazole rings is 1. The van der Waals surface area contributed by atoms with Gasteiger partial charge in [0.15, 0.2) is 5.13 Å². The second-order valence-corrected chi connectivity index (χ2v) is 6.66. The minimum absolute atomic E-state index is 0.802. The highest BCUT2D eigenvalue weighted by molar-refractivity contribution is 7.14. The number of nitrogens with zero attached hydrogens (tertiary/aromatic N) is 1. The Hall–Kier alpha value is -3.11. The Balaban J connectivity index is 1.54. The molecular weight excluding hydrogens is 340 g/mol. The molecule has 4 rings (SSSR count). The third-order valence-electron chi connectivity index (χ3n) is 4.14. The van der Waals surface area contributed by atoms with Crippen molar-refractivity contribution in [2.45, 2.75) is 0 Å². The molecule has 1 N–H and O–H groups in total. The van der Waals surface area contributed by atoms with Gasteiger partial charge in [-0.2, -0.15) is 0 Å². The molecule has 0 amide bonds. The van der Waals surface area contributed by atoms with Gasteiger partial charge in [-0.25, -0.2) is 4.98 Å². The molecular formula is C22H18N2OS. The number of nitrogens with one attached hydrogen (secondary N) is 1. The molecule has 0 aliphatic heterocycles. The Bertz CT molecular complexity index is 994. The molecule has 26 heavy (non-hydrogen) atoms. The van der Waals surface area contributed by atoms with E-state index in [0.29, 0.717) is 0 Å². The fourth-order valence-corrected chi connectivity index (χ4v) is 3.52. The van der Waals surface area contributed by atoms with Crippen molar-refractivity contribution in [2.75, 3.05) is 12.4 Å². The number of hydrogen-bond donors (Lipinski definition) is 1. The summed E-state index contributed by atoms with van der Waals surface area (Å²) in [7, 11) is 1.67. The minimum atomic E-state index is 0.802. The Morgan fingerprint density at radius 2 is 1.42 bits per heavy atom. The monoisotopic (exact) mass is 358 g/mol. The van der Waals surface area contributed by atoms with Crippen molar-refractivity contribution >= 4 is 22.2 Å². The number of ether oxygens (including phenoxy) is 1. The summed E-state index contributed by atoms with van der Waals surface area (Å²) in [5.74, 6) is 0.802. The van der Waals surface area contributed by atoms with Crippen LogP contribution in [0.5, 0.6) is 5.75 Å². The number of anilines is 2. The number of para-hydroxylation sites is 2. The molecule has 128 valence electrons. The Morgan fingerprint density at radius 3 is 2.19 bits per heavy atom. The quantitative estimate of drug-likeness (QED) is 0.459. The van der Waals surface area contributed by atoms with Crippen LogP contribution in [0.1, 0.15) is 0 Å². The summed E-state index contributed by atoms with van der Waals surface area (Å²) in [5, 5.41) is 6.24. The van der Waals surface area contributed by atoms with Gasteiger partial charge in [0.05, 0.1) is 18.5 Å². The summed E-state index contributed by atoms with van der Waals surface area (Å²) in [4.78, 5) is 4.71. The van der Waals surface area contributed by atoms with Crippen LogP contribution in [-0.4, -0.2) is 12.1 Å². The van der Waals surface area contributed by atoms with E-state index in [2.05, 4.69) is 59.2 Å². The van der Waals surface area contributed by atoms with E-state index in [-0.39, 0.29) is 0 Å². The first-order valence-corrected chi connectivity index (χ1v) is 9.23. The number of rotatable bonds is 5. The van der Waals surface area contributed by atoms with Gasteiger partial charge in [-0.15, -0.1) is 11.3 Å². The maximum Gasteiger partial charge on any atom is 0.187 e. The van der Waals surface area contributed by atoms with Gasteiger partial charge in [0.2, 0.25) is 0 Å². The maximum atomic E-state index is 5.38. The van der Waals surface area contributed by atoms with E-state index in [1.54, 1.807) is 18.4 Å². The normalized spacial score (nSPS) is 10.5. The van der Waals surface area contributed by atoms with Crippen LogP contribution in [0, 0.1) is 0 Å². The van der Waals surface area contributed by atoms with Gasteiger partial charge in [0, 0.05) is 10.9 Å². The first-order valence-electron chi connectivity index (χ1n) is 8.35. The van der Waals surface area contributed by atoms with Gasteiger partial charge < -0.3 is 10.1 Å². The summed E-state index contributed by atoms with van der Waals surface area (Å²) < 4.78 is 5.38. The van der Waals surface area contributed by atoms with Crippen molar-refractivity contribution in [1.29, 1.82) is 0 Å². The van der Waals surface area contributed by atoms with Crippen molar-refractivity contribution in [3.8, 4) is 28.1 Å². The van der Waals surface area contributed by atoms with Crippen LogP contribution in [0.15, 0.2) is 84.2 Å². The second-order valence-electron chi connectivity index (χ2n) is 5.81. The van der Waals surface area contributed by atoms with E-state index in [1.165, 1.54) is 11.1 Å². The highest BCUT2D eigenvalue weighted by atomic mass is 32.1. The third-order valence-corrected chi connectivity index (χ3v) is 4.90. The predicted octanol–water partition coefficient (Wildman–Crippen LogP) is 6.23. The second kappa shape index (κ2) is 7.42. The van der Waals surface area contributed by atoms with Gasteiger partial charge in [-0.3, -0.25) is 0 Å². The first-order chi connectivity index (χ1) is 12.8. The highest BCUT2D eigenvalue weighted by Crippen LogP contribution is 2.31. The molecule has 0 aliphatic rings. The summed E-state index contributed by atoms with van der Waals surface area (Å²) in [6.07, 6.45) is 0. The number of methoxy groups -OCH3 is 1. The van der Waals surface area contributed by atoms with E-state index in [1.807, 2.05) is 30.3 Å². The van der Waals surface area contributed by atoms with Crippen molar-refractivity contribution < 1.29 is 4.74 Å². The zero-order chi connectivity index (χ0) is 17.8. The lowest BCUT2D eigenvalue weighted by Gasteiger charge is -2.08. The molecule has 0 fully saturated rings. The molecule has 0 bridgehead atoms. The average Bonchev–Trinajstić information content (AvgIpc) is 3.18. The minimum Gasteiger partial charge on any atom is -0.495 e. The van der Waals surface area contributed by atoms with Gasteiger partial charge in [0.1, 0.15) is 5.75 Å². The summed E-state index contributed by atoms with van der Waals surface area (Å²) in [6, 6.07) is 26.7. The van der Waals surface area contributed by atoms with Crippen molar-refractivity contribution in [1.82, 2.24) is 4.98 Å². The van der Waals surface area contributed by atoms with E-state index in [9.17, 15) is 0 Å². The van der Waals surface area contributed by atoms with Crippen LogP contribution in [0.2, 0.25) is 0 Å². The summed E-state index contributed by atoms with van der Waals surface area (Å²) >= 11 is 1.58.